The SMILES string of the molecule is C[C@H]1CCC(=O)N1c1cccc(N2C[C@@](C)(COC(C)(C)C)c3cnc(Nc4ccc(N5CCN(C)CC5)cc4)nc32)n1. The molecule has 6 rings (SSSR count). The van der Waals surface area contributed by atoms with Crippen LogP contribution in [0.3, 0.4) is 0 Å². The van der Waals surface area contributed by atoms with Gasteiger partial charge in [0.1, 0.15) is 17.5 Å². The summed E-state index contributed by atoms with van der Waals surface area (Å²) in [5.74, 6) is 2.89. The lowest BCUT2D eigenvalue weighted by Gasteiger charge is -2.34. The quantitative estimate of drug-likeness (QED) is 0.407. The number of rotatable bonds is 7. The van der Waals surface area contributed by atoms with E-state index in [9.17, 15) is 4.79 Å². The largest absolute Gasteiger partial charge is 0.375 e. The fourth-order valence-corrected chi connectivity index (χ4v) is 6.09. The summed E-state index contributed by atoms with van der Waals surface area (Å²) in [6.45, 7) is 15.9. The van der Waals surface area contributed by atoms with E-state index < -0.39 is 0 Å². The van der Waals surface area contributed by atoms with E-state index in [-0.39, 0.29) is 23.0 Å². The van der Waals surface area contributed by atoms with Crippen LogP contribution in [0.5, 0.6) is 0 Å². The molecule has 2 saturated heterocycles. The standard InChI is InChI=1S/C33H44N8O2/c1-23-10-15-29(42)41(23)28-9-7-8-27(36-28)40-21-33(5,22-43-32(2,3)4)26-20-34-31(37-30(26)40)35-24-11-13-25(14-12-24)39-18-16-38(6)17-19-39/h7-9,11-14,20,23H,10,15-19,21-22H2,1-6H3,(H,34,35,37)/t23-,33-/m0/s1. The first-order valence-corrected chi connectivity index (χ1v) is 15.4. The number of nitrogens with zero attached hydrogens (tertiary/aromatic N) is 7. The summed E-state index contributed by atoms with van der Waals surface area (Å²) in [6, 6.07) is 14.5. The lowest BCUT2D eigenvalue weighted by Crippen LogP contribution is -2.44. The van der Waals surface area contributed by atoms with Crippen molar-refractivity contribution in [2.24, 2.45) is 0 Å². The number of piperazine rings is 1. The summed E-state index contributed by atoms with van der Waals surface area (Å²) in [4.78, 5) is 36.2. The minimum absolute atomic E-state index is 0.120. The average molecular weight is 585 g/mol. The maximum atomic E-state index is 12.7. The molecule has 0 unspecified atom stereocenters. The summed E-state index contributed by atoms with van der Waals surface area (Å²) < 4.78 is 6.31. The van der Waals surface area contributed by atoms with Gasteiger partial charge in [-0.3, -0.25) is 9.69 Å². The molecule has 2 aromatic heterocycles. The number of hydrogen-bond acceptors (Lipinski definition) is 9. The van der Waals surface area contributed by atoms with Crippen molar-refractivity contribution in [3.8, 4) is 0 Å². The Labute approximate surface area is 255 Å². The van der Waals surface area contributed by atoms with Crippen molar-refractivity contribution in [3.05, 3.63) is 54.2 Å². The van der Waals surface area contributed by atoms with Crippen molar-refractivity contribution in [3.63, 3.8) is 0 Å². The number of amides is 1. The van der Waals surface area contributed by atoms with Crippen molar-refractivity contribution in [1.29, 1.82) is 0 Å². The molecule has 1 aromatic carbocycles. The zero-order chi connectivity index (χ0) is 30.4. The van der Waals surface area contributed by atoms with Crippen molar-refractivity contribution < 1.29 is 9.53 Å². The highest BCUT2D eigenvalue weighted by Crippen LogP contribution is 2.44. The Hall–Kier alpha value is -3.76. The van der Waals surface area contributed by atoms with E-state index in [0.717, 1.165) is 55.5 Å². The highest BCUT2D eigenvalue weighted by Gasteiger charge is 2.43. The van der Waals surface area contributed by atoms with E-state index in [1.165, 1.54) is 5.69 Å². The van der Waals surface area contributed by atoms with Crippen LogP contribution in [0.2, 0.25) is 0 Å². The van der Waals surface area contributed by atoms with Gasteiger partial charge in [-0.2, -0.15) is 4.98 Å². The molecule has 0 aliphatic carbocycles. The molecule has 10 nitrogen and oxygen atoms in total. The lowest BCUT2D eigenvalue weighted by molar-refractivity contribution is -0.117. The highest BCUT2D eigenvalue weighted by atomic mass is 16.5. The zero-order valence-corrected chi connectivity index (χ0v) is 26.3. The first-order chi connectivity index (χ1) is 20.5. The molecule has 10 heteroatoms. The molecule has 1 amide bonds. The fraction of sp³-hybridized carbons (Fsp3) is 0.515. The van der Waals surface area contributed by atoms with Gasteiger partial charge >= 0.3 is 0 Å². The Morgan fingerprint density at radius 3 is 2.42 bits per heavy atom. The van der Waals surface area contributed by atoms with E-state index in [4.69, 9.17) is 19.7 Å². The molecule has 3 aromatic rings. The third-order valence-corrected chi connectivity index (χ3v) is 8.73. The van der Waals surface area contributed by atoms with E-state index in [1.807, 2.05) is 29.3 Å². The van der Waals surface area contributed by atoms with Crippen molar-refractivity contribution in [2.75, 3.05) is 66.4 Å². The van der Waals surface area contributed by atoms with Crippen molar-refractivity contribution in [2.45, 2.75) is 64.5 Å². The second kappa shape index (κ2) is 11.4. The van der Waals surface area contributed by atoms with Crippen LogP contribution >= 0.6 is 0 Å². The van der Waals surface area contributed by atoms with Crippen LogP contribution in [0.15, 0.2) is 48.7 Å². The lowest BCUT2D eigenvalue weighted by atomic mass is 9.87. The summed E-state index contributed by atoms with van der Waals surface area (Å²) >= 11 is 0. The first-order valence-electron chi connectivity index (χ1n) is 15.4. The summed E-state index contributed by atoms with van der Waals surface area (Å²) in [5, 5.41) is 3.41. The third kappa shape index (κ3) is 6.17. The molecule has 0 saturated carbocycles. The minimum atomic E-state index is -0.347. The van der Waals surface area contributed by atoms with Crippen LogP contribution in [0.25, 0.3) is 0 Å². The Bertz CT molecular complexity index is 1460. The number of likely N-dealkylation sites (N-methyl/N-ethyl adjacent to an activating group) is 1. The number of benzene rings is 1. The number of carbonyl (C=O) groups excluding carboxylic acids is 1. The van der Waals surface area contributed by atoms with Gasteiger partial charge < -0.3 is 24.8 Å². The monoisotopic (exact) mass is 584 g/mol. The third-order valence-electron chi connectivity index (χ3n) is 8.73. The normalized spacial score (nSPS) is 22.8. The molecule has 2 atom stereocenters. The van der Waals surface area contributed by atoms with Gasteiger partial charge in [0.25, 0.3) is 0 Å². The van der Waals surface area contributed by atoms with Gasteiger partial charge in [-0.25, -0.2) is 9.97 Å². The number of anilines is 6. The maximum Gasteiger partial charge on any atom is 0.229 e. The number of pyridine rings is 1. The summed E-state index contributed by atoms with van der Waals surface area (Å²) in [7, 11) is 2.17. The van der Waals surface area contributed by atoms with Gasteiger partial charge in [0.2, 0.25) is 11.9 Å². The van der Waals surface area contributed by atoms with Gasteiger partial charge in [0, 0.05) is 73.7 Å². The molecule has 3 aliphatic heterocycles. The number of carbonyl (C=O) groups is 1. The Morgan fingerprint density at radius 1 is 1.02 bits per heavy atom. The van der Waals surface area contributed by atoms with Crippen molar-refractivity contribution >= 4 is 40.7 Å². The zero-order valence-electron chi connectivity index (χ0n) is 26.3. The molecule has 43 heavy (non-hydrogen) atoms. The fourth-order valence-electron chi connectivity index (χ4n) is 6.09. The molecular formula is C33H44N8O2. The second-order valence-electron chi connectivity index (χ2n) is 13.4. The van der Waals surface area contributed by atoms with Crippen LogP contribution in [0.4, 0.5) is 34.8 Å². The minimum Gasteiger partial charge on any atom is -0.375 e. The van der Waals surface area contributed by atoms with Crippen LogP contribution in [-0.4, -0.2) is 83.8 Å². The van der Waals surface area contributed by atoms with Crippen LogP contribution in [0, 0.1) is 0 Å². The van der Waals surface area contributed by atoms with E-state index in [1.54, 1.807) is 0 Å². The number of ether oxygens (including phenoxy) is 1. The molecule has 2 fully saturated rings. The van der Waals surface area contributed by atoms with Gasteiger partial charge in [-0.15, -0.1) is 0 Å². The first kappa shape index (κ1) is 29.3. The van der Waals surface area contributed by atoms with Crippen LogP contribution in [0.1, 0.15) is 53.0 Å². The van der Waals surface area contributed by atoms with Gasteiger partial charge in [0.05, 0.1) is 12.2 Å². The number of hydrogen-bond donors (Lipinski definition) is 1. The highest BCUT2D eigenvalue weighted by molar-refractivity contribution is 5.95. The Morgan fingerprint density at radius 2 is 1.74 bits per heavy atom. The molecule has 5 heterocycles. The van der Waals surface area contributed by atoms with Crippen molar-refractivity contribution in [1.82, 2.24) is 19.9 Å². The molecule has 0 bridgehead atoms. The predicted molar refractivity (Wildman–Crippen MR) is 172 cm³/mol. The van der Waals surface area contributed by atoms with E-state index >= 15 is 0 Å². The number of fused-ring (bicyclic) bond motifs is 1. The van der Waals surface area contributed by atoms with Crippen LogP contribution in [-0.2, 0) is 14.9 Å². The number of aromatic nitrogens is 3. The maximum absolute atomic E-state index is 12.7. The Kier molecular flexibility index (Phi) is 7.76. The van der Waals surface area contributed by atoms with Gasteiger partial charge in [0.15, 0.2) is 0 Å². The van der Waals surface area contributed by atoms with E-state index in [0.29, 0.717) is 31.3 Å². The van der Waals surface area contributed by atoms with Crippen LogP contribution < -0.4 is 20.0 Å². The summed E-state index contributed by atoms with van der Waals surface area (Å²) in [6.07, 6.45) is 3.32. The topological polar surface area (TPSA) is 90.0 Å². The molecule has 0 radical (unpaired) electrons. The number of nitrogens with one attached hydrogen (secondary N) is 1. The molecule has 1 N–H and O–H groups in total. The average Bonchev–Trinajstić information content (AvgIpc) is 3.48. The van der Waals surface area contributed by atoms with E-state index in [2.05, 4.69) is 85.9 Å². The van der Waals surface area contributed by atoms with Gasteiger partial charge in [-0.1, -0.05) is 13.0 Å². The Balaban J connectivity index is 1.29. The van der Waals surface area contributed by atoms with Gasteiger partial charge in [-0.05, 0) is 77.6 Å². The molecule has 228 valence electrons. The molecule has 0 spiro atoms. The molecular weight excluding hydrogens is 540 g/mol. The molecule has 3 aliphatic rings. The summed E-state index contributed by atoms with van der Waals surface area (Å²) in [5.41, 5.74) is 2.55. The smallest absolute Gasteiger partial charge is 0.229 e. The predicted octanol–water partition coefficient (Wildman–Crippen LogP) is 5.11. The second-order valence-corrected chi connectivity index (χ2v) is 13.4.